The molecule has 1 aromatic rings. The molecule has 0 saturated heterocycles. The van der Waals surface area contributed by atoms with Gasteiger partial charge in [-0.05, 0) is 24.9 Å². The third-order valence-electron chi connectivity index (χ3n) is 2.11. The molecule has 0 atom stereocenters. The number of aliphatic imine (C=N–C) groups is 1. The van der Waals surface area contributed by atoms with Crippen LogP contribution >= 0.6 is 11.8 Å². The molecule has 1 aromatic carbocycles. The lowest BCUT2D eigenvalue weighted by Crippen LogP contribution is -2.13. The van der Waals surface area contributed by atoms with Crippen molar-refractivity contribution in [3.8, 4) is 0 Å². The van der Waals surface area contributed by atoms with Crippen LogP contribution in [0.15, 0.2) is 35.3 Å². The number of amidine groups is 1. The van der Waals surface area contributed by atoms with Gasteiger partial charge in [0.2, 0.25) is 0 Å². The van der Waals surface area contributed by atoms with Crippen molar-refractivity contribution in [3.63, 3.8) is 0 Å². The summed E-state index contributed by atoms with van der Waals surface area (Å²) in [7, 11) is 0. The number of benzene rings is 1. The maximum Gasteiger partial charge on any atom is 0.125 e. The summed E-state index contributed by atoms with van der Waals surface area (Å²) >= 11 is 1.88. The van der Waals surface area contributed by atoms with Gasteiger partial charge in [-0.15, -0.1) is 0 Å². The molecule has 0 amide bonds. The van der Waals surface area contributed by atoms with Gasteiger partial charge in [0.1, 0.15) is 5.84 Å². The molecule has 0 bridgehead atoms. The van der Waals surface area contributed by atoms with Crippen LogP contribution < -0.4 is 5.73 Å². The molecule has 0 unspecified atom stereocenters. The van der Waals surface area contributed by atoms with Crippen LogP contribution in [-0.2, 0) is 0 Å². The Balaban J connectivity index is 2.33. The maximum absolute atomic E-state index is 5.85. The molecule has 0 heterocycles. The minimum absolute atomic E-state index is 0.653. The van der Waals surface area contributed by atoms with Gasteiger partial charge in [0, 0.05) is 12.1 Å². The van der Waals surface area contributed by atoms with E-state index < -0.39 is 0 Å². The monoisotopic (exact) mass is 222 g/mol. The van der Waals surface area contributed by atoms with Gasteiger partial charge in [-0.1, -0.05) is 30.3 Å². The summed E-state index contributed by atoms with van der Waals surface area (Å²) in [6, 6.07) is 9.91. The Morgan fingerprint density at radius 3 is 2.67 bits per heavy atom. The maximum atomic E-state index is 5.85. The normalized spacial score (nSPS) is 11.7. The first-order chi connectivity index (χ1) is 7.34. The second kappa shape index (κ2) is 7.35. The molecule has 0 saturated carbocycles. The number of nitrogens with two attached hydrogens (primary N) is 1. The second-order valence-electron chi connectivity index (χ2n) is 3.33. The highest BCUT2D eigenvalue weighted by molar-refractivity contribution is 7.98. The highest BCUT2D eigenvalue weighted by Gasteiger charge is 1.95. The fourth-order valence-corrected chi connectivity index (χ4v) is 1.75. The summed E-state index contributed by atoms with van der Waals surface area (Å²) in [5, 5.41) is 0. The minimum Gasteiger partial charge on any atom is -0.384 e. The van der Waals surface area contributed by atoms with Crippen molar-refractivity contribution in [2.24, 2.45) is 10.7 Å². The zero-order chi connectivity index (χ0) is 10.9. The SMILES string of the molecule is CSCCCCN=C(N)c1ccccc1. The number of rotatable bonds is 6. The topological polar surface area (TPSA) is 38.4 Å². The van der Waals surface area contributed by atoms with Crippen molar-refractivity contribution in [1.82, 2.24) is 0 Å². The van der Waals surface area contributed by atoms with Gasteiger partial charge in [-0.2, -0.15) is 11.8 Å². The van der Waals surface area contributed by atoms with E-state index in [2.05, 4.69) is 11.2 Å². The molecule has 0 aliphatic rings. The Bertz CT molecular complexity index is 296. The van der Waals surface area contributed by atoms with E-state index in [-0.39, 0.29) is 0 Å². The number of hydrogen-bond donors (Lipinski definition) is 1. The van der Waals surface area contributed by atoms with Gasteiger partial charge < -0.3 is 5.73 Å². The molecule has 0 aromatic heterocycles. The molecule has 0 aliphatic carbocycles. The molecule has 82 valence electrons. The Morgan fingerprint density at radius 2 is 2.00 bits per heavy atom. The van der Waals surface area contributed by atoms with Crippen molar-refractivity contribution < 1.29 is 0 Å². The first-order valence-electron chi connectivity index (χ1n) is 5.19. The minimum atomic E-state index is 0.653. The van der Waals surface area contributed by atoms with Gasteiger partial charge in [0.05, 0.1) is 0 Å². The number of unbranched alkanes of at least 4 members (excludes halogenated alkanes) is 1. The van der Waals surface area contributed by atoms with E-state index in [1.54, 1.807) is 0 Å². The fourth-order valence-electron chi connectivity index (χ4n) is 1.26. The lowest BCUT2D eigenvalue weighted by Gasteiger charge is -2.00. The van der Waals surface area contributed by atoms with Crippen LogP contribution in [0.3, 0.4) is 0 Å². The molecule has 15 heavy (non-hydrogen) atoms. The molecule has 2 nitrogen and oxygen atoms in total. The van der Waals surface area contributed by atoms with Gasteiger partial charge in [0.15, 0.2) is 0 Å². The summed E-state index contributed by atoms with van der Waals surface area (Å²) in [6.07, 6.45) is 4.46. The van der Waals surface area contributed by atoms with Crippen molar-refractivity contribution in [1.29, 1.82) is 0 Å². The van der Waals surface area contributed by atoms with Crippen LogP contribution in [0.2, 0.25) is 0 Å². The molecule has 0 spiro atoms. The van der Waals surface area contributed by atoms with Gasteiger partial charge in [-0.3, -0.25) is 4.99 Å². The van der Waals surface area contributed by atoms with Crippen LogP contribution in [0, 0.1) is 0 Å². The quantitative estimate of drug-likeness (QED) is 0.456. The molecule has 0 radical (unpaired) electrons. The van der Waals surface area contributed by atoms with E-state index in [4.69, 9.17) is 5.73 Å². The van der Waals surface area contributed by atoms with Crippen molar-refractivity contribution >= 4 is 17.6 Å². The predicted octanol–water partition coefficient (Wildman–Crippen LogP) is 2.54. The van der Waals surface area contributed by atoms with E-state index in [0.717, 1.165) is 18.5 Å². The van der Waals surface area contributed by atoms with Gasteiger partial charge >= 0.3 is 0 Å². The number of hydrogen-bond acceptors (Lipinski definition) is 2. The Kier molecular flexibility index (Phi) is 5.93. The summed E-state index contributed by atoms with van der Waals surface area (Å²) in [5.41, 5.74) is 6.87. The van der Waals surface area contributed by atoms with Crippen molar-refractivity contribution in [2.45, 2.75) is 12.8 Å². The lowest BCUT2D eigenvalue weighted by molar-refractivity contribution is 0.815. The number of thioether (sulfide) groups is 1. The van der Waals surface area contributed by atoms with Crippen LogP contribution in [0.1, 0.15) is 18.4 Å². The Morgan fingerprint density at radius 1 is 1.27 bits per heavy atom. The average molecular weight is 222 g/mol. The van der Waals surface area contributed by atoms with Crippen LogP contribution in [0.4, 0.5) is 0 Å². The van der Waals surface area contributed by atoms with E-state index in [9.17, 15) is 0 Å². The standard InChI is InChI=1S/C12H18N2S/c1-15-10-6-5-9-14-12(13)11-7-3-2-4-8-11/h2-4,7-8H,5-6,9-10H2,1H3,(H2,13,14). The predicted molar refractivity (Wildman–Crippen MR) is 69.6 cm³/mol. The molecular weight excluding hydrogens is 204 g/mol. The van der Waals surface area contributed by atoms with Crippen LogP contribution in [-0.4, -0.2) is 24.4 Å². The molecule has 0 aliphatic heterocycles. The Labute approximate surface area is 96.0 Å². The summed E-state index contributed by atoms with van der Waals surface area (Å²) < 4.78 is 0. The van der Waals surface area contributed by atoms with Gasteiger partial charge in [-0.25, -0.2) is 0 Å². The van der Waals surface area contributed by atoms with Gasteiger partial charge in [0.25, 0.3) is 0 Å². The molecule has 0 fully saturated rings. The van der Waals surface area contributed by atoms with Crippen molar-refractivity contribution in [3.05, 3.63) is 35.9 Å². The second-order valence-corrected chi connectivity index (χ2v) is 4.32. The van der Waals surface area contributed by atoms with E-state index in [1.165, 1.54) is 12.2 Å². The van der Waals surface area contributed by atoms with Crippen LogP contribution in [0.5, 0.6) is 0 Å². The smallest absolute Gasteiger partial charge is 0.125 e. The molecule has 3 heteroatoms. The first kappa shape index (κ1) is 12.1. The van der Waals surface area contributed by atoms with E-state index in [1.807, 2.05) is 42.1 Å². The van der Waals surface area contributed by atoms with E-state index in [0.29, 0.717) is 5.84 Å². The highest BCUT2D eigenvalue weighted by atomic mass is 32.2. The molecule has 1 rings (SSSR count). The van der Waals surface area contributed by atoms with Crippen LogP contribution in [0.25, 0.3) is 0 Å². The Hall–Kier alpha value is -0.960. The van der Waals surface area contributed by atoms with Crippen molar-refractivity contribution in [2.75, 3.05) is 18.6 Å². The summed E-state index contributed by atoms with van der Waals surface area (Å²) in [4.78, 5) is 4.35. The average Bonchev–Trinajstić information content (AvgIpc) is 2.30. The van der Waals surface area contributed by atoms with E-state index >= 15 is 0 Å². The third-order valence-corrected chi connectivity index (χ3v) is 2.81. The first-order valence-corrected chi connectivity index (χ1v) is 6.58. The fraction of sp³-hybridized carbons (Fsp3) is 0.417. The third kappa shape index (κ3) is 4.88. The molecular formula is C12H18N2S. The summed E-state index contributed by atoms with van der Waals surface area (Å²) in [6.45, 7) is 0.835. The lowest BCUT2D eigenvalue weighted by atomic mass is 10.2. The summed E-state index contributed by atoms with van der Waals surface area (Å²) in [5.74, 6) is 1.86. The molecule has 2 N–H and O–H groups in total. The largest absolute Gasteiger partial charge is 0.384 e. The zero-order valence-corrected chi connectivity index (χ0v) is 9.96. The highest BCUT2D eigenvalue weighted by Crippen LogP contribution is 2.01. The number of nitrogens with zero attached hydrogens (tertiary/aromatic N) is 1. The zero-order valence-electron chi connectivity index (χ0n) is 9.15.